The smallest absolute Gasteiger partial charge is 0.248 e. The zero-order chi connectivity index (χ0) is 23.2. The Hall–Kier alpha value is -3.71. The van der Waals surface area contributed by atoms with Crippen molar-refractivity contribution in [3.05, 3.63) is 90.1 Å². The molecule has 1 aromatic heterocycles. The molecule has 170 valence electrons. The molecular weight excluding hydrogens is 444 g/mol. The van der Waals surface area contributed by atoms with Gasteiger partial charge in [0.05, 0.1) is 5.69 Å². The number of hydrogen-bond donors (Lipinski definition) is 2. The van der Waals surface area contributed by atoms with Crippen molar-refractivity contribution in [1.29, 1.82) is 0 Å². The van der Waals surface area contributed by atoms with Crippen LogP contribution in [0.4, 0.5) is 11.4 Å². The minimum Gasteiger partial charge on any atom is -0.371 e. The highest BCUT2D eigenvalue weighted by Gasteiger charge is 2.39. The summed E-state index contributed by atoms with van der Waals surface area (Å²) in [6.07, 6.45) is 1.95. The number of nitrogens with one attached hydrogen (secondary N) is 1. The Kier molecular flexibility index (Phi) is 5.07. The number of carbonyl (C=O) groups is 2. The molecule has 3 N–H and O–H groups in total. The van der Waals surface area contributed by atoms with Gasteiger partial charge in [-0.25, -0.2) is 0 Å². The third-order valence-electron chi connectivity index (χ3n) is 6.69. The van der Waals surface area contributed by atoms with Gasteiger partial charge in [-0.1, -0.05) is 36.4 Å². The first-order valence-corrected chi connectivity index (χ1v) is 12.2. The summed E-state index contributed by atoms with van der Waals surface area (Å²) in [6, 6.07) is 23.8. The molecule has 0 saturated carbocycles. The van der Waals surface area contributed by atoms with Crippen LogP contribution in [0.15, 0.2) is 83.9 Å². The number of anilines is 2. The molecule has 4 aromatic rings. The van der Waals surface area contributed by atoms with Gasteiger partial charge in [-0.05, 0) is 36.4 Å². The zero-order valence-electron chi connectivity index (χ0n) is 18.5. The number of benzene rings is 3. The third-order valence-corrected chi connectivity index (χ3v) is 7.98. The largest absolute Gasteiger partial charge is 0.371 e. The van der Waals surface area contributed by atoms with Gasteiger partial charge in [0.2, 0.25) is 11.8 Å². The Morgan fingerprint density at radius 2 is 1.79 bits per heavy atom. The Labute approximate surface area is 201 Å². The lowest BCUT2D eigenvalue weighted by atomic mass is 9.97. The van der Waals surface area contributed by atoms with Crippen molar-refractivity contribution in [3.63, 3.8) is 0 Å². The Bertz CT molecular complexity index is 1390. The predicted molar refractivity (Wildman–Crippen MR) is 136 cm³/mol. The van der Waals surface area contributed by atoms with E-state index in [1.165, 1.54) is 17.4 Å². The number of hydrogen-bond acceptors (Lipinski definition) is 4. The second kappa shape index (κ2) is 8.25. The summed E-state index contributed by atoms with van der Waals surface area (Å²) in [5.41, 5.74) is 9.96. The van der Waals surface area contributed by atoms with E-state index in [0.717, 1.165) is 40.1 Å². The highest BCUT2D eigenvalue weighted by Crippen LogP contribution is 2.48. The Morgan fingerprint density at radius 3 is 2.59 bits per heavy atom. The first-order valence-electron chi connectivity index (χ1n) is 11.4. The molecule has 3 aromatic carbocycles. The van der Waals surface area contributed by atoms with Gasteiger partial charge in [0.15, 0.2) is 0 Å². The van der Waals surface area contributed by atoms with E-state index in [1.54, 1.807) is 12.1 Å². The highest BCUT2D eigenvalue weighted by molar-refractivity contribution is 8.00. The molecule has 1 atom stereocenters. The average molecular weight is 469 g/mol. The molecule has 6 nitrogen and oxygen atoms in total. The van der Waals surface area contributed by atoms with E-state index in [2.05, 4.69) is 28.1 Å². The number of H-pyrrole nitrogens is 1. The fourth-order valence-corrected chi connectivity index (χ4v) is 6.15. The molecule has 0 spiro atoms. The van der Waals surface area contributed by atoms with Gasteiger partial charge in [-0.15, -0.1) is 11.8 Å². The van der Waals surface area contributed by atoms with E-state index in [9.17, 15) is 9.59 Å². The minimum atomic E-state index is -0.488. The number of fused-ring (bicyclic) bond motifs is 2. The lowest BCUT2D eigenvalue weighted by Gasteiger charge is -2.44. The van der Waals surface area contributed by atoms with Crippen LogP contribution >= 0.6 is 11.8 Å². The number of amides is 2. The molecule has 2 aliphatic heterocycles. The van der Waals surface area contributed by atoms with Gasteiger partial charge in [-0.2, -0.15) is 0 Å². The molecular formula is C27H24N4O2S. The summed E-state index contributed by atoms with van der Waals surface area (Å²) in [6.45, 7) is 2.39. The molecule has 2 amide bonds. The van der Waals surface area contributed by atoms with E-state index in [0.29, 0.717) is 18.0 Å². The molecule has 0 radical (unpaired) electrons. The molecule has 0 aliphatic carbocycles. The monoisotopic (exact) mass is 468 g/mol. The van der Waals surface area contributed by atoms with Crippen molar-refractivity contribution in [2.45, 2.75) is 10.1 Å². The van der Waals surface area contributed by atoms with Crippen LogP contribution in [0.1, 0.15) is 21.2 Å². The van der Waals surface area contributed by atoms with Crippen molar-refractivity contribution < 1.29 is 9.59 Å². The fraction of sp³-hybridized carbons (Fsp3) is 0.185. The van der Waals surface area contributed by atoms with Gasteiger partial charge >= 0.3 is 0 Å². The molecule has 1 unspecified atom stereocenters. The number of nitrogens with two attached hydrogens (primary N) is 1. The van der Waals surface area contributed by atoms with E-state index >= 15 is 0 Å². The number of rotatable bonds is 5. The first-order chi connectivity index (χ1) is 16.6. The summed E-state index contributed by atoms with van der Waals surface area (Å²) in [4.78, 5) is 34.3. The van der Waals surface area contributed by atoms with Crippen LogP contribution in [-0.4, -0.2) is 36.4 Å². The number of primary amides is 1. The van der Waals surface area contributed by atoms with E-state index in [-0.39, 0.29) is 11.2 Å². The second-order valence-electron chi connectivity index (χ2n) is 8.89. The van der Waals surface area contributed by atoms with E-state index in [1.807, 2.05) is 53.6 Å². The molecule has 2 aliphatic rings. The first kappa shape index (κ1) is 20.9. The maximum Gasteiger partial charge on any atom is 0.248 e. The number of aromatic amines is 1. The SMILES string of the molecule is NC(=O)c1ccc2c(c1)N(CC1CN(c3ccccc3)C1)C(=O)C(c1c[nH]c3ccccc13)S2. The van der Waals surface area contributed by atoms with Gasteiger partial charge < -0.3 is 20.5 Å². The Balaban J connectivity index is 1.33. The van der Waals surface area contributed by atoms with Crippen molar-refractivity contribution in [3.8, 4) is 0 Å². The summed E-state index contributed by atoms with van der Waals surface area (Å²) < 4.78 is 0. The molecule has 0 bridgehead atoms. The number of aromatic nitrogens is 1. The van der Waals surface area contributed by atoms with Crippen LogP contribution in [0.2, 0.25) is 0 Å². The van der Waals surface area contributed by atoms with Crippen molar-refractivity contribution in [2.75, 3.05) is 29.4 Å². The number of nitrogens with zero attached hydrogens (tertiary/aromatic N) is 2. The standard InChI is InChI=1S/C27H24N4O2S/c28-26(32)18-10-11-24-23(12-18)31(16-17-14-30(15-17)19-6-2-1-3-7-19)27(33)25(34-24)21-13-29-22-9-5-4-8-20(21)22/h1-13,17,25,29H,14-16H2,(H2,28,32). The molecule has 34 heavy (non-hydrogen) atoms. The summed E-state index contributed by atoms with van der Waals surface area (Å²) in [5, 5.41) is 0.706. The van der Waals surface area contributed by atoms with Gasteiger partial charge in [0, 0.05) is 64.4 Å². The summed E-state index contributed by atoms with van der Waals surface area (Å²) in [7, 11) is 0. The predicted octanol–water partition coefficient (Wildman–Crippen LogP) is 4.58. The van der Waals surface area contributed by atoms with E-state index in [4.69, 9.17) is 5.73 Å². The van der Waals surface area contributed by atoms with Gasteiger partial charge in [-0.3, -0.25) is 9.59 Å². The highest BCUT2D eigenvalue weighted by atomic mass is 32.2. The Morgan fingerprint density at radius 1 is 1.03 bits per heavy atom. The lowest BCUT2D eigenvalue weighted by Crippen LogP contribution is -2.53. The fourth-order valence-electron chi connectivity index (χ4n) is 4.91. The van der Waals surface area contributed by atoms with Crippen LogP contribution in [0.5, 0.6) is 0 Å². The van der Waals surface area contributed by atoms with E-state index < -0.39 is 5.91 Å². The van der Waals surface area contributed by atoms with Crippen LogP contribution in [0.3, 0.4) is 0 Å². The molecule has 7 heteroatoms. The molecule has 1 fully saturated rings. The molecule has 6 rings (SSSR count). The number of thioether (sulfide) groups is 1. The maximum atomic E-state index is 13.9. The van der Waals surface area contributed by atoms with Crippen LogP contribution in [0, 0.1) is 5.92 Å². The number of para-hydroxylation sites is 2. The van der Waals surface area contributed by atoms with Crippen molar-refractivity contribution >= 4 is 45.9 Å². The van der Waals surface area contributed by atoms with Gasteiger partial charge in [0.1, 0.15) is 5.25 Å². The normalized spacial score (nSPS) is 18.1. The molecule has 1 saturated heterocycles. The summed E-state index contributed by atoms with van der Waals surface area (Å²) in [5.74, 6) is -0.0964. The van der Waals surface area contributed by atoms with Crippen LogP contribution in [0.25, 0.3) is 10.9 Å². The lowest BCUT2D eigenvalue weighted by molar-refractivity contribution is -0.118. The van der Waals surface area contributed by atoms with Gasteiger partial charge in [0.25, 0.3) is 0 Å². The average Bonchev–Trinajstić information content (AvgIpc) is 3.26. The summed E-state index contributed by atoms with van der Waals surface area (Å²) >= 11 is 1.54. The number of carbonyl (C=O) groups excluding carboxylic acids is 2. The van der Waals surface area contributed by atoms with Crippen LogP contribution in [-0.2, 0) is 4.79 Å². The quantitative estimate of drug-likeness (QED) is 0.449. The zero-order valence-corrected chi connectivity index (χ0v) is 19.3. The minimum absolute atomic E-state index is 0.0436. The maximum absolute atomic E-state index is 13.9. The van der Waals surface area contributed by atoms with Crippen molar-refractivity contribution in [1.82, 2.24) is 4.98 Å². The third kappa shape index (κ3) is 3.53. The topological polar surface area (TPSA) is 82.4 Å². The van der Waals surface area contributed by atoms with Crippen LogP contribution < -0.4 is 15.5 Å². The van der Waals surface area contributed by atoms with Crippen molar-refractivity contribution in [2.24, 2.45) is 11.7 Å². The molecule has 3 heterocycles. The second-order valence-corrected chi connectivity index (χ2v) is 10.0.